The lowest BCUT2D eigenvalue weighted by molar-refractivity contribution is 0.355. The number of hydrogen-bond acceptors (Lipinski definition) is 5. The van der Waals surface area contributed by atoms with E-state index in [0.717, 1.165) is 15.4 Å². The SMILES string of the molecule is COc1cc2ncnc(Oc3cccc(Br)c3)c2cc1OC. The molecule has 0 radical (unpaired) electrons. The van der Waals surface area contributed by atoms with Gasteiger partial charge in [0, 0.05) is 10.5 Å². The molecule has 0 atom stereocenters. The summed E-state index contributed by atoms with van der Waals surface area (Å²) < 4.78 is 17.4. The molecule has 112 valence electrons. The Morgan fingerprint density at radius 1 is 0.955 bits per heavy atom. The monoisotopic (exact) mass is 360 g/mol. The van der Waals surface area contributed by atoms with Gasteiger partial charge in [-0.2, -0.15) is 0 Å². The van der Waals surface area contributed by atoms with Crippen LogP contribution in [0.2, 0.25) is 0 Å². The van der Waals surface area contributed by atoms with E-state index in [1.165, 1.54) is 6.33 Å². The van der Waals surface area contributed by atoms with Crippen LogP contribution in [0.15, 0.2) is 47.2 Å². The van der Waals surface area contributed by atoms with Crippen LogP contribution in [0.25, 0.3) is 10.9 Å². The fourth-order valence-corrected chi connectivity index (χ4v) is 2.46. The van der Waals surface area contributed by atoms with Crippen molar-refractivity contribution < 1.29 is 14.2 Å². The van der Waals surface area contributed by atoms with Crippen LogP contribution >= 0.6 is 15.9 Å². The molecular weight excluding hydrogens is 348 g/mol. The Bertz CT molecular complexity index is 824. The molecule has 3 aromatic rings. The first-order chi connectivity index (χ1) is 10.7. The molecule has 0 saturated carbocycles. The average molecular weight is 361 g/mol. The van der Waals surface area contributed by atoms with Gasteiger partial charge in [0.1, 0.15) is 12.1 Å². The van der Waals surface area contributed by atoms with Crippen molar-refractivity contribution in [2.24, 2.45) is 0 Å². The number of nitrogens with zero attached hydrogens (tertiary/aromatic N) is 2. The summed E-state index contributed by atoms with van der Waals surface area (Å²) in [7, 11) is 3.17. The Hall–Kier alpha value is -2.34. The quantitative estimate of drug-likeness (QED) is 0.697. The first kappa shape index (κ1) is 14.6. The van der Waals surface area contributed by atoms with Crippen LogP contribution in [0.4, 0.5) is 0 Å². The maximum atomic E-state index is 5.87. The van der Waals surface area contributed by atoms with Crippen molar-refractivity contribution in [3.63, 3.8) is 0 Å². The van der Waals surface area contributed by atoms with Gasteiger partial charge in [0.2, 0.25) is 5.88 Å². The minimum absolute atomic E-state index is 0.462. The summed E-state index contributed by atoms with van der Waals surface area (Å²) in [6.07, 6.45) is 1.46. The van der Waals surface area contributed by atoms with E-state index in [1.807, 2.05) is 30.3 Å². The molecule has 0 spiro atoms. The number of hydrogen-bond donors (Lipinski definition) is 0. The molecular formula is C16H13BrN2O3. The van der Waals surface area contributed by atoms with Crippen LogP contribution in [0.1, 0.15) is 0 Å². The molecule has 6 heteroatoms. The normalized spacial score (nSPS) is 10.5. The molecule has 0 aliphatic carbocycles. The summed E-state index contributed by atoms with van der Waals surface area (Å²) in [4.78, 5) is 8.47. The van der Waals surface area contributed by atoms with Gasteiger partial charge < -0.3 is 14.2 Å². The zero-order valence-corrected chi connectivity index (χ0v) is 13.6. The van der Waals surface area contributed by atoms with Gasteiger partial charge in [0.05, 0.1) is 25.1 Å². The largest absolute Gasteiger partial charge is 0.493 e. The van der Waals surface area contributed by atoms with Crippen LogP contribution in [-0.4, -0.2) is 24.2 Å². The number of benzene rings is 2. The standard InChI is InChI=1S/C16H13BrN2O3/c1-20-14-7-12-13(8-15(14)21-2)18-9-19-16(12)22-11-5-3-4-10(17)6-11/h3-9H,1-2H3. The smallest absolute Gasteiger partial charge is 0.230 e. The third-order valence-electron chi connectivity index (χ3n) is 3.11. The van der Waals surface area contributed by atoms with Crippen molar-refractivity contribution in [2.75, 3.05) is 14.2 Å². The number of ether oxygens (including phenoxy) is 3. The summed E-state index contributed by atoms with van der Waals surface area (Å²) in [6, 6.07) is 11.2. The van der Waals surface area contributed by atoms with Crippen LogP contribution in [0, 0.1) is 0 Å². The molecule has 0 N–H and O–H groups in total. The molecule has 22 heavy (non-hydrogen) atoms. The summed E-state index contributed by atoms with van der Waals surface area (Å²) in [6.45, 7) is 0. The Kier molecular flexibility index (Phi) is 4.11. The van der Waals surface area contributed by atoms with E-state index in [4.69, 9.17) is 14.2 Å². The van der Waals surface area contributed by atoms with E-state index in [2.05, 4.69) is 25.9 Å². The van der Waals surface area contributed by atoms with Crippen molar-refractivity contribution in [2.45, 2.75) is 0 Å². The molecule has 0 fully saturated rings. The number of methoxy groups -OCH3 is 2. The van der Waals surface area contributed by atoms with Crippen LogP contribution in [-0.2, 0) is 0 Å². The zero-order chi connectivity index (χ0) is 15.5. The first-order valence-corrected chi connectivity index (χ1v) is 7.30. The second-order valence-corrected chi connectivity index (χ2v) is 5.38. The van der Waals surface area contributed by atoms with Crippen LogP contribution in [0.3, 0.4) is 0 Å². The van der Waals surface area contributed by atoms with E-state index >= 15 is 0 Å². The van der Waals surface area contributed by atoms with E-state index < -0.39 is 0 Å². The highest BCUT2D eigenvalue weighted by Crippen LogP contribution is 2.35. The Morgan fingerprint density at radius 2 is 1.73 bits per heavy atom. The second-order valence-electron chi connectivity index (χ2n) is 4.46. The van der Waals surface area contributed by atoms with Gasteiger partial charge >= 0.3 is 0 Å². The highest BCUT2D eigenvalue weighted by molar-refractivity contribution is 9.10. The number of fused-ring (bicyclic) bond motifs is 1. The van der Waals surface area contributed by atoms with E-state index in [1.54, 1.807) is 20.3 Å². The molecule has 3 rings (SSSR count). The molecule has 0 saturated heterocycles. The first-order valence-electron chi connectivity index (χ1n) is 6.51. The molecule has 0 bridgehead atoms. The topological polar surface area (TPSA) is 53.5 Å². The van der Waals surface area contributed by atoms with Crippen LogP contribution < -0.4 is 14.2 Å². The molecule has 0 aliphatic rings. The van der Waals surface area contributed by atoms with Gasteiger partial charge in [-0.05, 0) is 24.3 Å². The zero-order valence-electron chi connectivity index (χ0n) is 12.0. The van der Waals surface area contributed by atoms with Crippen molar-refractivity contribution in [3.05, 3.63) is 47.2 Å². The van der Waals surface area contributed by atoms with Crippen molar-refractivity contribution in [1.29, 1.82) is 0 Å². The lowest BCUT2D eigenvalue weighted by atomic mass is 10.2. The molecule has 2 aromatic carbocycles. The average Bonchev–Trinajstić information content (AvgIpc) is 2.54. The summed E-state index contributed by atoms with van der Waals surface area (Å²) in [5.41, 5.74) is 0.720. The fourth-order valence-electron chi connectivity index (χ4n) is 2.08. The maximum Gasteiger partial charge on any atom is 0.230 e. The predicted molar refractivity (Wildman–Crippen MR) is 86.9 cm³/mol. The summed E-state index contributed by atoms with van der Waals surface area (Å²) >= 11 is 3.42. The third kappa shape index (κ3) is 2.82. The number of halogens is 1. The minimum Gasteiger partial charge on any atom is -0.493 e. The highest BCUT2D eigenvalue weighted by atomic mass is 79.9. The van der Waals surface area contributed by atoms with Gasteiger partial charge in [0.15, 0.2) is 11.5 Å². The molecule has 1 aromatic heterocycles. The van der Waals surface area contributed by atoms with Gasteiger partial charge in [-0.3, -0.25) is 0 Å². The number of aromatic nitrogens is 2. The lowest BCUT2D eigenvalue weighted by Gasteiger charge is -2.11. The van der Waals surface area contributed by atoms with Crippen molar-refractivity contribution in [1.82, 2.24) is 9.97 Å². The van der Waals surface area contributed by atoms with Gasteiger partial charge in [-0.1, -0.05) is 22.0 Å². The Morgan fingerprint density at radius 3 is 2.45 bits per heavy atom. The van der Waals surface area contributed by atoms with E-state index in [-0.39, 0.29) is 0 Å². The molecule has 0 unspecified atom stereocenters. The Balaban J connectivity index is 2.09. The minimum atomic E-state index is 0.462. The summed E-state index contributed by atoms with van der Waals surface area (Å²) in [5, 5.41) is 0.750. The second kappa shape index (κ2) is 6.19. The van der Waals surface area contributed by atoms with E-state index in [9.17, 15) is 0 Å². The molecule has 1 heterocycles. The predicted octanol–water partition coefficient (Wildman–Crippen LogP) is 4.20. The Labute approximate surface area is 136 Å². The van der Waals surface area contributed by atoms with Crippen molar-refractivity contribution in [3.8, 4) is 23.1 Å². The highest BCUT2D eigenvalue weighted by Gasteiger charge is 2.12. The lowest BCUT2D eigenvalue weighted by Crippen LogP contribution is -1.95. The fraction of sp³-hybridized carbons (Fsp3) is 0.125. The molecule has 5 nitrogen and oxygen atoms in total. The van der Waals surface area contributed by atoms with E-state index in [0.29, 0.717) is 23.1 Å². The van der Waals surface area contributed by atoms with Crippen molar-refractivity contribution >= 4 is 26.8 Å². The van der Waals surface area contributed by atoms with Gasteiger partial charge in [-0.25, -0.2) is 9.97 Å². The van der Waals surface area contributed by atoms with Gasteiger partial charge in [-0.15, -0.1) is 0 Å². The van der Waals surface area contributed by atoms with Gasteiger partial charge in [0.25, 0.3) is 0 Å². The third-order valence-corrected chi connectivity index (χ3v) is 3.61. The maximum absolute atomic E-state index is 5.87. The summed E-state index contributed by atoms with van der Waals surface area (Å²) in [5.74, 6) is 2.36. The number of rotatable bonds is 4. The molecule has 0 amide bonds. The molecule has 0 aliphatic heterocycles. The van der Waals surface area contributed by atoms with Crippen LogP contribution in [0.5, 0.6) is 23.1 Å².